The van der Waals surface area contributed by atoms with Gasteiger partial charge in [0.25, 0.3) is 5.91 Å². The van der Waals surface area contributed by atoms with Gasteiger partial charge in [-0.3, -0.25) is 9.59 Å². The summed E-state index contributed by atoms with van der Waals surface area (Å²) in [5.41, 5.74) is 0.863. The van der Waals surface area contributed by atoms with Crippen molar-refractivity contribution in [1.82, 2.24) is 15.1 Å². The van der Waals surface area contributed by atoms with Crippen LogP contribution in [0.4, 0.5) is 16.2 Å². The Morgan fingerprint density at radius 3 is 2.42 bits per heavy atom. The maximum atomic E-state index is 13.7. The minimum absolute atomic E-state index is 0.00463. The number of hydrogen-bond donors (Lipinski definition) is 2. The molecule has 4 rings (SSSR count). The smallest absolute Gasteiger partial charge is 0.321 e. The molecule has 36 heavy (non-hydrogen) atoms. The normalized spacial score (nSPS) is 16.9. The maximum absolute atomic E-state index is 13.7. The summed E-state index contributed by atoms with van der Waals surface area (Å²) < 4.78 is 5.96. The van der Waals surface area contributed by atoms with Crippen LogP contribution < -0.4 is 15.5 Å². The summed E-state index contributed by atoms with van der Waals surface area (Å²) >= 11 is 3.40. The molecule has 2 fully saturated rings. The lowest BCUT2D eigenvalue weighted by Gasteiger charge is -2.43. The van der Waals surface area contributed by atoms with E-state index in [0.29, 0.717) is 57.9 Å². The van der Waals surface area contributed by atoms with Crippen LogP contribution in [0.3, 0.4) is 0 Å². The van der Waals surface area contributed by atoms with Gasteiger partial charge >= 0.3 is 6.03 Å². The number of likely N-dealkylation sites (tertiary alicyclic amines) is 1. The number of benzene rings is 2. The number of nitrogens with zero attached hydrogens (tertiary/aromatic N) is 3. The second kappa shape index (κ2) is 11.7. The zero-order valence-electron chi connectivity index (χ0n) is 20.4. The molecule has 2 aliphatic heterocycles. The van der Waals surface area contributed by atoms with Crippen LogP contribution in [-0.2, 0) is 14.3 Å². The summed E-state index contributed by atoms with van der Waals surface area (Å²) in [5, 5.41) is 5.79. The van der Waals surface area contributed by atoms with Gasteiger partial charge in [-0.05, 0) is 55.7 Å². The Hall–Kier alpha value is -3.11. The molecule has 2 N–H and O–H groups in total. The third-order valence-corrected chi connectivity index (χ3v) is 7.27. The highest BCUT2D eigenvalue weighted by molar-refractivity contribution is 9.10. The number of rotatable bonds is 8. The topological polar surface area (TPSA) is 94.2 Å². The highest BCUT2D eigenvalue weighted by Gasteiger charge is 2.54. The summed E-state index contributed by atoms with van der Waals surface area (Å²) in [6, 6.07) is 17.0. The van der Waals surface area contributed by atoms with Gasteiger partial charge in [-0.2, -0.15) is 0 Å². The first kappa shape index (κ1) is 26.0. The monoisotopic (exact) mass is 557 g/mol. The van der Waals surface area contributed by atoms with Gasteiger partial charge in [0.2, 0.25) is 5.91 Å². The molecule has 1 spiro atoms. The average Bonchev–Trinajstić information content (AvgIpc) is 3.15. The summed E-state index contributed by atoms with van der Waals surface area (Å²) in [5.74, 6) is -0.248. The van der Waals surface area contributed by atoms with E-state index < -0.39 is 5.54 Å². The number of ether oxygens (including phenoxy) is 1. The lowest BCUT2D eigenvalue weighted by molar-refractivity contribution is -0.137. The number of halogens is 1. The number of para-hydroxylation sites is 1. The minimum atomic E-state index is -0.786. The summed E-state index contributed by atoms with van der Waals surface area (Å²) in [6.07, 6.45) is 1.69. The molecule has 0 aliphatic carbocycles. The van der Waals surface area contributed by atoms with Gasteiger partial charge in [-0.25, -0.2) is 4.79 Å². The number of piperidine rings is 1. The Morgan fingerprint density at radius 2 is 1.75 bits per heavy atom. The van der Waals surface area contributed by atoms with E-state index in [2.05, 4.69) is 31.5 Å². The molecule has 0 unspecified atom stereocenters. The van der Waals surface area contributed by atoms with Gasteiger partial charge in [-0.15, -0.1) is 0 Å². The first-order valence-corrected chi connectivity index (χ1v) is 12.9. The fraction of sp³-hybridized carbons (Fsp3) is 0.423. The number of hydrogen-bond acceptors (Lipinski definition) is 5. The molecule has 0 aromatic heterocycles. The number of carbonyl (C=O) groups excluding carboxylic acids is 3. The Labute approximate surface area is 219 Å². The van der Waals surface area contributed by atoms with Crippen molar-refractivity contribution in [3.63, 3.8) is 0 Å². The molecule has 9 nitrogen and oxygen atoms in total. The van der Waals surface area contributed by atoms with Crippen LogP contribution in [0.25, 0.3) is 0 Å². The molecule has 4 amide bonds. The molecule has 2 aromatic carbocycles. The van der Waals surface area contributed by atoms with E-state index in [1.807, 2.05) is 54.6 Å². The largest absolute Gasteiger partial charge is 0.385 e. The van der Waals surface area contributed by atoms with Crippen molar-refractivity contribution >= 4 is 45.2 Å². The predicted molar refractivity (Wildman–Crippen MR) is 142 cm³/mol. The minimum Gasteiger partial charge on any atom is -0.385 e. The number of urea groups is 1. The molecule has 2 saturated heterocycles. The van der Waals surface area contributed by atoms with Crippen molar-refractivity contribution in [2.24, 2.45) is 0 Å². The fourth-order valence-corrected chi connectivity index (χ4v) is 5.08. The second-order valence-corrected chi connectivity index (χ2v) is 9.98. The van der Waals surface area contributed by atoms with Crippen molar-refractivity contribution in [2.75, 3.05) is 56.8 Å². The van der Waals surface area contributed by atoms with E-state index >= 15 is 0 Å². The zero-order chi connectivity index (χ0) is 25.5. The van der Waals surface area contributed by atoms with E-state index in [-0.39, 0.29) is 24.4 Å². The third-order valence-electron chi connectivity index (χ3n) is 6.74. The molecule has 2 aromatic rings. The number of nitrogens with one attached hydrogen (secondary N) is 2. The molecular weight excluding hydrogens is 526 g/mol. The summed E-state index contributed by atoms with van der Waals surface area (Å²) in [4.78, 5) is 44.6. The van der Waals surface area contributed by atoms with Crippen LogP contribution >= 0.6 is 15.9 Å². The first-order valence-electron chi connectivity index (χ1n) is 12.1. The van der Waals surface area contributed by atoms with Crippen molar-refractivity contribution in [3.8, 4) is 0 Å². The SMILES string of the molecule is COCCCNC(=O)CN1CN(c2ccccc2)C2(CCN(C(=O)Nc3ccc(Br)cc3)CC2)C1=O. The van der Waals surface area contributed by atoms with Crippen LogP contribution in [-0.4, -0.2) is 79.7 Å². The maximum Gasteiger partial charge on any atom is 0.321 e. The average molecular weight is 558 g/mol. The van der Waals surface area contributed by atoms with Crippen molar-refractivity contribution < 1.29 is 19.1 Å². The van der Waals surface area contributed by atoms with Gasteiger partial charge in [0.05, 0.1) is 6.67 Å². The molecule has 0 bridgehead atoms. The first-order chi connectivity index (χ1) is 17.4. The standard InChI is InChI=1S/C26H32BrN5O4/c1-36-17-5-14-28-23(33)18-31-19-32(22-6-3-2-4-7-22)26(24(31)34)12-15-30(16-13-26)25(35)29-21-10-8-20(27)9-11-21/h2-4,6-11H,5,12-19H2,1H3,(H,28,33)(H,29,35). The Kier molecular flexibility index (Phi) is 8.48. The molecule has 192 valence electrons. The van der Waals surface area contributed by atoms with Gasteiger partial charge in [-0.1, -0.05) is 34.1 Å². The zero-order valence-corrected chi connectivity index (χ0v) is 22.0. The highest BCUT2D eigenvalue weighted by Crippen LogP contribution is 2.39. The van der Waals surface area contributed by atoms with Crippen molar-refractivity contribution in [3.05, 3.63) is 59.1 Å². The summed E-state index contributed by atoms with van der Waals surface area (Å²) in [7, 11) is 1.62. The van der Waals surface area contributed by atoms with Crippen LogP contribution in [0.15, 0.2) is 59.1 Å². The van der Waals surface area contributed by atoms with Crippen LogP contribution in [0.1, 0.15) is 19.3 Å². The molecule has 0 radical (unpaired) electrons. The molecular formula is C26H32BrN5O4. The van der Waals surface area contributed by atoms with Gasteiger partial charge in [0, 0.05) is 49.2 Å². The van der Waals surface area contributed by atoms with E-state index in [1.54, 1.807) is 16.9 Å². The van der Waals surface area contributed by atoms with Crippen molar-refractivity contribution in [1.29, 1.82) is 0 Å². The quantitative estimate of drug-likeness (QED) is 0.486. The number of anilines is 2. The number of methoxy groups -OCH3 is 1. The molecule has 2 heterocycles. The van der Waals surface area contributed by atoms with Gasteiger partial charge in [0.1, 0.15) is 12.1 Å². The lowest BCUT2D eigenvalue weighted by atomic mass is 9.85. The van der Waals surface area contributed by atoms with Crippen LogP contribution in [0, 0.1) is 0 Å². The van der Waals surface area contributed by atoms with E-state index in [9.17, 15) is 14.4 Å². The predicted octanol–water partition coefficient (Wildman–Crippen LogP) is 3.27. The Morgan fingerprint density at radius 1 is 1.06 bits per heavy atom. The van der Waals surface area contributed by atoms with Gasteiger partial charge < -0.3 is 30.1 Å². The van der Waals surface area contributed by atoms with Crippen LogP contribution in [0.5, 0.6) is 0 Å². The lowest BCUT2D eigenvalue weighted by Crippen LogP contribution is -2.58. The third kappa shape index (κ3) is 5.82. The fourth-order valence-electron chi connectivity index (χ4n) is 4.81. The number of carbonyl (C=O) groups is 3. The van der Waals surface area contributed by atoms with Crippen LogP contribution in [0.2, 0.25) is 0 Å². The van der Waals surface area contributed by atoms with Gasteiger partial charge in [0.15, 0.2) is 0 Å². The van der Waals surface area contributed by atoms with E-state index in [4.69, 9.17) is 4.74 Å². The number of amides is 4. The highest BCUT2D eigenvalue weighted by atomic mass is 79.9. The van der Waals surface area contributed by atoms with E-state index in [0.717, 1.165) is 10.2 Å². The molecule has 10 heteroatoms. The molecule has 0 atom stereocenters. The summed E-state index contributed by atoms with van der Waals surface area (Å²) in [6.45, 7) is 2.29. The second-order valence-electron chi connectivity index (χ2n) is 9.06. The molecule has 2 aliphatic rings. The van der Waals surface area contributed by atoms with E-state index in [1.165, 1.54) is 0 Å². The Bertz CT molecular complexity index is 1060. The molecule has 0 saturated carbocycles. The Balaban J connectivity index is 1.44. The van der Waals surface area contributed by atoms with Crippen molar-refractivity contribution in [2.45, 2.75) is 24.8 Å².